The van der Waals surface area contributed by atoms with Crippen molar-refractivity contribution in [3.63, 3.8) is 0 Å². The Hall–Kier alpha value is -3.66. The number of piperazine rings is 1. The monoisotopic (exact) mass is 424 g/mol. The SMILES string of the molecule is C/C(=C\c1ccccc1)[C@H]1C(=O)N(c2c(C)cccc2C)CC(=O)N1c1ccc(C)cc1. The fourth-order valence-electron chi connectivity index (χ4n) is 4.40. The molecule has 0 unspecified atom stereocenters. The second-order valence-corrected chi connectivity index (χ2v) is 8.47. The van der Waals surface area contributed by atoms with Gasteiger partial charge in [0.25, 0.3) is 5.91 Å². The minimum Gasteiger partial charge on any atom is -0.300 e. The zero-order chi connectivity index (χ0) is 22.8. The van der Waals surface area contributed by atoms with E-state index < -0.39 is 6.04 Å². The molecule has 0 saturated carbocycles. The van der Waals surface area contributed by atoms with Crippen LogP contribution in [0.5, 0.6) is 0 Å². The van der Waals surface area contributed by atoms with E-state index in [0.29, 0.717) is 0 Å². The predicted octanol–water partition coefficient (Wildman–Crippen LogP) is 5.46. The molecular formula is C28H28N2O2. The average molecular weight is 425 g/mol. The molecule has 162 valence electrons. The molecule has 2 amide bonds. The van der Waals surface area contributed by atoms with E-state index in [1.54, 1.807) is 9.80 Å². The van der Waals surface area contributed by atoms with Crippen LogP contribution in [0.2, 0.25) is 0 Å². The number of para-hydroxylation sites is 1. The molecule has 0 aromatic heterocycles. The van der Waals surface area contributed by atoms with Gasteiger partial charge >= 0.3 is 0 Å². The summed E-state index contributed by atoms with van der Waals surface area (Å²) in [5.41, 5.74) is 6.46. The Bertz CT molecular complexity index is 1160. The molecule has 1 saturated heterocycles. The van der Waals surface area contributed by atoms with Crippen LogP contribution in [0.15, 0.2) is 78.4 Å². The number of benzene rings is 3. The lowest BCUT2D eigenvalue weighted by Gasteiger charge is -2.41. The number of anilines is 2. The predicted molar refractivity (Wildman–Crippen MR) is 131 cm³/mol. The first-order valence-electron chi connectivity index (χ1n) is 10.9. The van der Waals surface area contributed by atoms with Crippen molar-refractivity contribution in [3.05, 3.63) is 101 Å². The molecule has 0 N–H and O–H groups in total. The van der Waals surface area contributed by atoms with Gasteiger partial charge < -0.3 is 4.90 Å². The molecule has 32 heavy (non-hydrogen) atoms. The number of hydrogen-bond donors (Lipinski definition) is 0. The summed E-state index contributed by atoms with van der Waals surface area (Å²) < 4.78 is 0. The zero-order valence-corrected chi connectivity index (χ0v) is 19.0. The van der Waals surface area contributed by atoms with E-state index in [4.69, 9.17) is 0 Å². The molecule has 3 aromatic carbocycles. The highest BCUT2D eigenvalue weighted by atomic mass is 16.2. The summed E-state index contributed by atoms with van der Waals surface area (Å²) >= 11 is 0. The first-order valence-corrected chi connectivity index (χ1v) is 10.9. The third-order valence-corrected chi connectivity index (χ3v) is 5.97. The number of carbonyl (C=O) groups excluding carboxylic acids is 2. The number of amides is 2. The molecule has 1 fully saturated rings. The van der Waals surface area contributed by atoms with Crippen LogP contribution in [-0.4, -0.2) is 24.4 Å². The van der Waals surface area contributed by atoms with Crippen molar-refractivity contribution in [1.82, 2.24) is 0 Å². The van der Waals surface area contributed by atoms with Crippen molar-refractivity contribution in [2.45, 2.75) is 33.7 Å². The second kappa shape index (κ2) is 8.83. The summed E-state index contributed by atoms with van der Waals surface area (Å²) in [4.78, 5) is 30.8. The van der Waals surface area contributed by atoms with Gasteiger partial charge in [-0.2, -0.15) is 0 Å². The Kier molecular flexibility index (Phi) is 5.95. The molecule has 3 aromatic rings. The third kappa shape index (κ3) is 4.09. The van der Waals surface area contributed by atoms with Crippen molar-refractivity contribution < 1.29 is 9.59 Å². The van der Waals surface area contributed by atoms with Crippen molar-refractivity contribution in [2.75, 3.05) is 16.3 Å². The van der Waals surface area contributed by atoms with Crippen LogP contribution in [0, 0.1) is 20.8 Å². The standard InChI is InChI=1S/C28H28N2O2/c1-19-13-15-24(16-14-19)30-25(31)18-29(26-20(2)9-8-10-21(26)3)28(32)27(30)22(4)17-23-11-6-5-7-12-23/h5-17,27H,18H2,1-4H3/b22-17+/t27-/m0/s1. The van der Waals surface area contributed by atoms with Gasteiger partial charge in [0.15, 0.2) is 0 Å². The van der Waals surface area contributed by atoms with Crippen LogP contribution in [0.4, 0.5) is 11.4 Å². The molecule has 0 bridgehead atoms. The van der Waals surface area contributed by atoms with E-state index in [1.807, 2.05) is 107 Å². The van der Waals surface area contributed by atoms with Crippen molar-refractivity contribution in [1.29, 1.82) is 0 Å². The molecule has 4 heteroatoms. The Morgan fingerprint density at radius 1 is 0.844 bits per heavy atom. The number of rotatable bonds is 4. The number of nitrogens with zero attached hydrogens (tertiary/aromatic N) is 2. The van der Waals surface area contributed by atoms with Crippen LogP contribution in [0.1, 0.15) is 29.2 Å². The summed E-state index contributed by atoms with van der Waals surface area (Å²) in [6, 6.07) is 22.9. The van der Waals surface area contributed by atoms with Crippen molar-refractivity contribution in [2.24, 2.45) is 0 Å². The van der Waals surface area contributed by atoms with Gasteiger partial charge in [0.05, 0.1) is 5.69 Å². The van der Waals surface area contributed by atoms with E-state index in [9.17, 15) is 9.59 Å². The minimum atomic E-state index is -0.710. The maximum absolute atomic E-state index is 13.9. The topological polar surface area (TPSA) is 40.6 Å². The van der Waals surface area contributed by atoms with Gasteiger partial charge in [-0.25, -0.2) is 0 Å². The Labute approximate surface area is 189 Å². The Morgan fingerprint density at radius 3 is 2.09 bits per heavy atom. The summed E-state index contributed by atoms with van der Waals surface area (Å²) in [6.07, 6.45) is 1.99. The molecule has 0 radical (unpaired) electrons. The number of hydrogen-bond acceptors (Lipinski definition) is 2. The largest absolute Gasteiger partial charge is 0.300 e. The fourth-order valence-corrected chi connectivity index (χ4v) is 4.40. The molecule has 1 aliphatic rings. The lowest BCUT2D eigenvalue weighted by molar-refractivity contribution is -0.127. The van der Waals surface area contributed by atoms with Gasteiger partial charge in [-0.05, 0) is 62.1 Å². The highest BCUT2D eigenvalue weighted by molar-refractivity contribution is 6.16. The van der Waals surface area contributed by atoms with E-state index in [0.717, 1.165) is 39.2 Å². The van der Waals surface area contributed by atoms with Crippen LogP contribution < -0.4 is 9.80 Å². The van der Waals surface area contributed by atoms with E-state index >= 15 is 0 Å². The van der Waals surface area contributed by atoms with Gasteiger partial charge in [-0.1, -0.05) is 72.3 Å². The van der Waals surface area contributed by atoms with Crippen LogP contribution in [0.25, 0.3) is 6.08 Å². The maximum atomic E-state index is 13.9. The van der Waals surface area contributed by atoms with E-state index in [2.05, 4.69) is 0 Å². The van der Waals surface area contributed by atoms with Crippen LogP contribution >= 0.6 is 0 Å². The fraction of sp³-hybridized carbons (Fsp3) is 0.214. The van der Waals surface area contributed by atoms with Gasteiger partial charge in [0, 0.05) is 5.69 Å². The lowest BCUT2D eigenvalue weighted by Crippen LogP contribution is -2.61. The number of aryl methyl sites for hydroxylation is 3. The molecule has 0 aliphatic carbocycles. The number of carbonyl (C=O) groups is 2. The Balaban J connectivity index is 1.83. The molecular weight excluding hydrogens is 396 g/mol. The third-order valence-electron chi connectivity index (χ3n) is 5.97. The summed E-state index contributed by atoms with van der Waals surface area (Å²) in [6.45, 7) is 7.92. The zero-order valence-electron chi connectivity index (χ0n) is 19.0. The molecule has 0 spiro atoms. The molecule has 1 atom stereocenters. The van der Waals surface area contributed by atoms with Crippen molar-refractivity contribution >= 4 is 29.3 Å². The summed E-state index contributed by atoms with van der Waals surface area (Å²) in [7, 11) is 0. The highest BCUT2D eigenvalue weighted by Gasteiger charge is 2.42. The van der Waals surface area contributed by atoms with Crippen LogP contribution in [0.3, 0.4) is 0 Å². The second-order valence-electron chi connectivity index (χ2n) is 8.47. The molecule has 4 nitrogen and oxygen atoms in total. The average Bonchev–Trinajstić information content (AvgIpc) is 2.77. The van der Waals surface area contributed by atoms with Gasteiger partial charge in [0.1, 0.15) is 12.6 Å². The molecule has 4 rings (SSSR count). The Morgan fingerprint density at radius 2 is 1.47 bits per heavy atom. The van der Waals surface area contributed by atoms with Gasteiger partial charge in [-0.3, -0.25) is 14.5 Å². The summed E-state index contributed by atoms with van der Waals surface area (Å²) in [5, 5.41) is 0. The van der Waals surface area contributed by atoms with Gasteiger partial charge in [-0.15, -0.1) is 0 Å². The first-order chi connectivity index (χ1) is 15.4. The quantitative estimate of drug-likeness (QED) is 0.558. The molecule has 1 heterocycles. The smallest absolute Gasteiger partial charge is 0.254 e. The van der Waals surface area contributed by atoms with Gasteiger partial charge in [0.2, 0.25) is 5.91 Å². The first kappa shape index (κ1) is 21.6. The highest BCUT2D eigenvalue weighted by Crippen LogP contribution is 2.33. The lowest BCUT2D eigenvalue weighted by atomic mass is 9.97. The van der Waals surface area contributed by atoms with Crippen LogP contribution in [-0.2, 0) is 9.59 Å². The normalized spacial score (nSPS) is 17.1. The maximum Gasteiger partial charge on any atom is 0.254 e. The summed E-state index contributed by atoms with van der Waals surface area (Å²) in [5.74, 6) is -0.186. The van der Waals surface area contributed by atoms with Crippen molar-refractivity contribution in [3.8, 4) is 0 Å². The minimum absolute atomic E-state index is 0.0213. The van der Waals surface area contributed by atoms with E-state index in [-0.39, 0.29) is 18.4 Å². The van der Waals surface area contributed by atoms with E-state index in [1.165, 1.54) is 0 Å². The molecule has 1 aliphatic heterocycles.